The van der Waals surface area contributed by atoms with Crippen molar-refractivity contribution in [3.63, 3.8) is 0 Å². The lowest BCUT2D eigenvalue weighted by atomic mass is 9.87. The third-order valence-electron chi connectivity index (χ3n) is 4.55. The Balaban J connectivity index is 2.00. The predicted molar refractivity (Wildman–Crippen MR) is 62.6 cm³/mol. The molecule has 2 fully saturated rings. The van der Waals surface area contributed by atoms with E-state index in [0.717, 1.165) is 31.3 Å². The second-order valence-electron chi connectivity index (χ2n) is 5.00. The minimum absolute atomic E-state index is 0.271. The number of benzene rings is 1. The fraction of sp³-hybridized carbons (Fsp3) is 0.538. The molecule has 1 aromatic rings. The topological polar surface area (TPSA) is 38.0 Å². The average molecular weight is 220 g/mol. The quantitative estimate of drug-likeness (QED) is 0.747. The largest absolute Gasteiger partial charge is 0.396 e. The molecule has 2 nitrogen and oxygen atoms in total. The van der Waals surface area contributed by atoms with Crippen molar-refractivity contribution in [3.05, 3.63) is 29.6 Å². The third-order valence-corrected chi connectivity index (χ3v) is 4.55. The van der Waals surface area contributed by atoms with Crippen LogP contribution in [-0.4, -0.2) is 13.1 Å². The molecule has 2 aliphatic rings. The fourth-order valence-electron chi connectivity index (χ4n) is 3.64. The summed E-state index contributed by atoms with van der Waals surface area (Å²) in [6.45, 7) is 4.41. The summed E-state index contributed by atoms with van der Waals surface area (Å²) < 4.78 is 13.2. The normalized spacial score (nSPS) is 36.1. The van der Waals surface area contributed by atoms with E-state index < -0.39 is 0 Å². The number of rotatable bonds is 2. The van der Waals surface area contributed by atoms with Crippen LogP contribution in [-0.2, 0) is 5.41 Å². The number of halogens is 1. The summed E-state index contributed by atoms with van der Waals surface area (Å²) in [7, 11) is 0. The molecule has 0 bridgehead atoms. The molecule has 2 atom stereocenters. The van der Waals surface area contributed by atoms with Crippen molar-refractivity contribution in [2.75, 3.05) is 18.8 Å². The van der Waals surface area contributed by atoms with E-state index in [2.05, 4.69) is 12.2 Å². The zero-order chi connectivity index (χ0) is 11.3. The molecule has 1 heterocycles. The van der Waals surface area contributed by atoms with Crippen LogP contribution in [0.5, 0.6) is 0 Å². The van der Waals surface area contributed by atoms with Gasteiger partial charge in [-0.25, -0.2) is 4.39 Å². The highest BCUT2D eigenvalue weighted by atomic mass is 19.1. The maximum Gasteiger partial charge on any atom is 0.146 e. The Labute approximate surface area is 95.0 Å². The predicted octanol–water partition coefficient (Wildman–Crippen LogP) is 1.90. The van der Waals surface area contributed by atoms with Gasteiger partial charge < -0.3 is 11.1 Å². The van der Waals surface area contributed by atoms with Gasteiger partial charge in [0.25, 0.3) is 0 Å². The second-order valence-corrected chi connectivity index (χ2v) is 5.00. The number of hydrogen-bond acceptors (Lipinski definition) is 2. The first kappa shape index (κ1) is 10.1. The molecule has 1 saturated carbocycles. The molecule has 0 aromatic heterocycles. The first-order chi connectivity index (χ1) is 7.70. The van der Waals surface area contributed by atoms with Crippen LogP contribution in [0.4, 0.5) is 10.1 Å². The lowest BCUT2D eigenvalue weighted by Crippen LogP contribution is -2.25. The van der Waals surface area contributed by atoms with Crippen LogP contribution in [0.15, 0.2) is 18.2 Å². The zero-order valence-electron chi connectivity index (χ0n) is 9.46. The van der Waals surface area contributed by atoms with Crippen LogP contribution in [0.25, 0.3) is 0 Å². The highest BCUT2D eigenvalue weighted by Gasteiger charge is 2.65. The summed E-state index contributed by atoms with van der Waals surface area (Å²) in [6.07, 6.45) is 1.12. The average Bonchev–Trinajstić information content (AvgIpc) is 2.68. The summed E-state index contributed by atoms with van der Waals surface area (Å²) in [5.74, 6) is 1.14. The summed E-state index contributed by atoms with van der Waals surface area (Å²) >= 11 is 0. The van der Waals surface area contributed by atoms with Gasteiger partial charge in [0.05, 0.1) is 5.69 Å². The molecule has 1 aliphatic carbocycles. The van der Waals surface area contributed by atoms with Gasteiger partial charge in [-0.1, -0.05) is 13.0 Å². The molecular weight excluding hydrogens is 203 g/mol. The molecule has 0 spiro atoms. The maximum absolute atomic E-state index is 13.2. The van der Waals surface area contributed by atoms with Crippen LogP contribution in [0.1, 0.15) is 18.9 Å². The Morgan fingerprint density at radius 1 is 1.44 bits per heavy atom. The number of piperidine rings is 1. The molecule has 0 radical (unpaired) electrons. The van der Waals surface area contributed by atoms with Crippen molar-refractivity contribution in [1.29, 1.82) is 0 Å². The van der Waals surface area contributed by atoms with Crippen molar-refractivity contribution in [2.24, 2.45) is 11.8 Å². The molecule has 1 aromatic carbocycles. The van der Waals surface area contributed by atoms with E-state index in [4.69, 9.17) is 5.73 Å². The summed E-state index contributed by atoms with van der Waals surface area (Å²) in [4.78, 5) is 0. The highest BCUT2D eigenvalue weighted by molar-refractivity contribution is 5.49. The summed E-state index contributed by atoms with van der Waals surface area (Å²) in [5, 5.41) is 3.40. The van der Waals surface area contributed by atoms with Gasteiger partial charge in [-0.2, -0.15) is 0 Å². The highest BCUT2D eigenvalue weighted by Crippen LogP contribution is 2.63. The number of nitrogens with two attached hydrogens (primary N) is 1. The van der Waals surface area contributed by atoms with Crippen LogP contribution in [0, 0.1) is 17.7 Å². The first-order valence-electron chi connectivity index (χ1n) is 5.96. The lowest BCUT2D eigenvalue weighted by Gasteiger charge is -2.20. The number of hydrogen-bond donors (Lipinski definition) is 2. The second kappa shape index (κ2) is 3.20. The molecule has 86 valence electrons. The Kier molecular flexibility index (Phi) is 2.02. The smallest absolute Gasteiger partial charge is 0.146 e. The summed E-state index contributed by atoms with van der Waals surface area (Å²) in [5.41, 5.74) is 7.44. The van der Waals surface area contributed by atoms with Crippen LogP contribution < -0.4 is 11.1 Å². The zero-order valence-corrected chi connectivity index (χ0v) is 9.46. The molecular formula is C13H17FN2. The molecule has 16 heavy (non-hydrogen) atoms. The van der Waals surface area contributed by atoms with Gasteiger partial charge in [-0.05, 0) is 49.0 Å². The van der Waals surface area contributed by atoms with E-state index in [1.807, 2.05) is 12.1 Å². The van der Waals surface area contributed by atoms with E-state index >= 15 is 0 Å². The van der Waals surface area contributed by atoms with Crippen molar-refractivity contribution in [1.82, 2.24) is 5.32 Å². The number of anilines is 1. The molecule has 1 aliphatic heterocycles. The summed E-state index contributed by atoms with van der Waals surface area (Å²) in [6, 6.07) is 5.24. The molecule has 3 N–H and O–H groups in total. The standard InChI is InChI=1S/C13H17FN2/c1-2-13(9-6-16-7-10(9)13)8-3-4-11(14)12(15)5-8/h3-5,9-10,16H,2,6-7,15H2,1H3. The molecule has 0 amide bonds. The Hall–Kier alpha value is -1.09. The number of nitrogens with one attached hydrogen (secondary N) is 1. The van der Waals surface area contributed by atoms with Crippen molar-refractivity contribution >= 4 is 5.69 Å². The Morgan fingerprint density at radius 3 is 2.69 bits per heavy atom. The molecule has 3 rings (SSSR count). The van der Waals surface area contributed by atoms with E-state index in [1.54, 1.807) is 0 Å². The number of nitrogen functional groups attached to an aromatic ring is 1. The minimum atomic E-state index is -0.307. The van der Waals surface area contributed by atoms with Gasteiger partial charge in [-0.15, -0.1) is 0 Å². The fourth-order valence-corrected chi connectivity index (χ4v) is 3.64. The maximum atomic E-state index is 13.2. The minimum Gasteiger partial charge on any atom is -0.396 e. The van der Waals surface area contributed by atoms with Gasteiger partial charge in [0, 0.05) is 5.41 Å². The van der Waals surface area contributed by atoms with Crippen LogP contribution >= 0.6 is 0 Å². The van der Waals surface area contributed by atoms with Crippen molar-refractivity contribution in [2.45, 2.75) is 18.8 Å². The van der Waals surface area contributed by atoms with Crippen molar-refractivity contribution in [3.8, 4) is 0 Å². The Morgan fingerprint density at radius 2 is 2.12 bits per heavy atom. The van der Waals surface area contributed by atoms with Crippen molar-refractivity contribution < 1.29 is 4.39 Å². The SMILES string of the molecule is CCC1(c2ccc(F)c(N)c2)C2CNCC21. The van der Waals surface area contributed by atoms with Gasteiger partial charge >= 0.3 is 0 Å². The molecule has 2 unspecified atom stereocenters. The molecule has 3 heteroatoms. The number of fused-ring (bicyclic) bond motifs is 1. The molecule has 1 saturated heterocycles. The van der Waals surface area contributed by atoms with Crippen LogP contribution in [0.3, 0.4) is 0 Å². The lowest BCUT2D eigenvalue weighted by molar-refractivity contribution is 0.501. The Bertz CT molecular complexity index is 420. The van der Waals surface area contributed by atoms with E-state index in [1.165, 1.54) is 11.6 Å². The van der Waals surface area contributed by atoms with Gasteiger partial charge in [0.2, 0.25) is 0 Å². The van der Waals surface area contributed by atoms with Crippen LogP contribution in [0.2, 0.25) is 0 Å². The monoisotopic (exact) mass is 220 g/mol. The third kappa shape index (κ3) is 1.09. The van der Waals surface area contributed by atoms with E-state index in [-0.39, 0.29) is 16.9 Å². The first-order valence-corrected chi connectivity index (χ1v) is 5.96. The van der Waals surface area contributed by atoms with Gasteiger partial charge in [-0.3, -0.25) is 0 Å². The van der Waals surface area contributed by atoms with Gasteiger partial charge in [0.15, 0.2) is 0 Å². The van der Waals surface area contributed by atoms with E-state index in [0.29, 0.717) is 0 Å². The van der Waals surface area contributed by atoms with Gasteiger partial charge in [0.1, 0.15) is 5.82 Å². The van der Waals surface area contributed by atoms with E-state index in [9.17, 15) is 4.39 Å².